The molecule has 0 fully saturated rings. The first-order valence-electron chi connectivity index (χ1n) is 9.50. The SMILES string of the molecule is CC(=O)O/N=C1\C[C@@H](c2ccc(F)cc2-c2cccnc2)Cc2nc(N)nc(C)c21. The largest absolute Gasteiger partial charge is 0.368 e. The molecule has 2 heterocycles. The van der Waals surface area contributed by atoms with E-state index in [2.05, 4.69) is 20.1 Å². The molecule has 1 aliphatic rings. The van der Waals surface area contributed by atoms with Gasteiger partial charge in [0.25, 0.3) is 0 Å². The quantitative estimate of drug-likeness (QED) is 0.528. The fraction of sp³-hybridized carbons (Fsp3) is 0.227. The van der Waals surface area contributed by atoms with E-state index in [0.717, 1.165) is 27.9 Å². The van der Waals surface area contributed by atoms with Gasteiger partial charge in [0.1, 0.15) is 5.82 Å². The van der Waals surface area contributed by atoms with Crippen LogP contribution in [-0.4, -0.2) is 26.6 Å². The molecular formula is C22H20FN5O2. The zero-order valence-electron chi connectivity index (χ0n) is 16.6. The van der Waals surface area contributed by atoms with Gasteiger partial charge in [-0.05, 0) is 48.6 Å². The molecule has 8 heteroatoms. The Morgan fingerprint density at radius 2 is 2.10 bits per heavy atom. The first-order valence-corrected chi connectivity index (χ1v) is 9.50. The number of rotatable bonds is 3. The molecule has 0 spiro atoms. The fourth-order valence-corrected chi connectivity index (χ4v) is 3.90. The van der Waals surface area contributed by atoms with Crippen molar-refractivity contribution in [3.8, 4) is 11.1 Å². The number of fused-ring (bicyclic) bond motifs is 1. The van der Waals surface area contributed by atoms with Crippen LogP contribution in [0.25, 0.3) is 11.1 Å². The Balaban J connectivity index is 1.83. The summed E-state index contributed by atoms with van der Waals surface area (Å²) >= 11 is 0. The molecule has 0 radical (unpaired) electrons. The number of oxime groups is 1. The number of anilines is 1. The second-order valence-electron chi connectivity index (χ2n) is 7.19. The van der Waals surface area contributed by atoms with Gasteiger partial charge in [-0.25, -0.2) is 19.2 Å². The van der Waals surface area contributed by atoms with Crippen LogP contribution < -0.4 is 5.73 Å². The molecule has 0 saturated carbocycles. The Morgan fingerprint density at radius 1 is 1.27 bits per heavy atom. The lowest BCUT2D eigenvalue weighted by Gasteiger charge is -2.27. The number of carbonyl (C=O) groups excluding carboxylic acids is 1. The topological polar surface area (TPSA) is 103 Å². The van der Waals surface area contributed by atoms with Crippen molar-refractivity contribution >= 4 is 17.6 Å². The monoisotopic (exact) mass is 405 g/mol. The predicted molar refractivity (Wildman–Crippen MR) is 110 cm³/mol. The highest BCUT2D eigenvalue weighted by Gasteiger charge is 2.30. The van der Waals surface area contributed by atoms with Crippen LogP contribution in [0.5, 0.6) is 0 Å². The molecule has 0 bridgehead atoms. The molecule has 152 valence electrons. The Hall–Kier alpha value is -3.68. The van der Waals surface area contributed by atoms with Crippen molar-refractivity contribution in [1.29, 1.82) is 0 Å². The van der Waals surface area contributed by atoms with E-state index in [1.165, 1.54) is 19.1 Å². The van der Waals surface area contributed by atoms with Crippen molar-refractivity contribution in [2.75, 3.05) is 5.73 Å². The standard InChI is InChI=1S/C22H20FN5O2/c1-12-21-19(27-22(24)26-12)8-15(9-20(21)28-30-13(2)29)17-6-5-16(23)10-18(17)14-4-3-7-25-11-14/h3-7,10-11,15H,8-9H2,1-2H3,(H2,24,26,27)/b28-20+/t15-/m0/s1. The lowest BCUT2D eigenvalue weighted by atomic mass is 9.78. The highest BCUT2D eigenvalue weighted by atomic mass is 19.1. The lowest BCUT2D eigenvalue weighted by molar-refractivity contribution is -0.140. The summed E-state index contributed by atoms with van der Waals surface area (Å²) in [6, 6.07) is 8.41. The van der Waals surface area contributed by atoms with Gasteiger partial charge >= 0.3 is 5.97 Å². The number of nitrogens with zero attached hydrogens (tertiary/aromatic N) is 4. The molecule has 4 rings (SSSR count). The van der Waals surface area contributed by atoms with Gasteiger partial charge in [-0.1, -0.05) is 17.3 Å². The number of carbonyl (C=O) groups is 1. The smallest absolute Gasteiger partial charge is 0.331 e. The lowest BCUT2D eigenvalue weighted by Crippen LogP contribution is -2.24. The van der Waals surface area contributed by atoms with Gasteiger partial charge in [0.05, 0.1) is 17.1 Å². The fourth-order valence-electron chi connectivity index (χ4n) is 3.90. The van der Waals surface area contributed by atoms with Crippen LogP contribution in [0.1, 0.15) is 41.8 Å². The molecule has 2 N–H and O–H groups in total. The van der Waals surface area contributed by atoms with E-state index in [9.17, 15) is 9.18 Å². The Labute approximate surface area is 172 Å². The van der Waals surface area contributed by atoms with Gasteiger partial charge in [-0.3, -0.25) is 4.98 Å². The van der Waals surface area contributed by atoms with Crippen molar-refractivity contribution in [2.45, 2.75) is 32.6 Å². The van der Waals surface area contributed by atoms with Crippen LogP contribution in [0.2, 0.25) is 0 Å². The summed E-state index contributed by atoms with van der Waals surface area (Å²) in [5, 5.41) is 4.07. The van der Waals surface area contributed by atoms with E-state index in [4.69, 9.17) is 10.6 Å². The number of nitrogen functional groups attached to an aromatic ring is 1. The van der Waals surface area contributed by atoms with E-state index >= 15 is 0 Å². The van der Waals surface area contributed by atoms with Gasteiger partial charge in [0, 0.05) is 36.9 Å². The molecular weight excluding hydrogens is 385 g/mol. The van der Waals surface area contributed by atoms with E-state index in [1.54, 1.807) is 18.5 Å². The zero-order valence-corrected chi connectivity index (χ0v) is 16.6. The van der Waals surface area contributed by atoms with E-state index in [0.29, 0.717) is 24.2 Å². The summed E-state index contributed by atoms with van der Waals surface area (Å²) in [5.74, 6) is -0.746. The van der Waals surface area contributed by atoms with E-state index < -0.39 is 5.97 Å². The summed E-state index contributed by atoms with van der Waals surface area (Å²) in [7, 11) is 0. The van der Waals surface area contributed by atoms with Crippen LogP contribution in [0.4, 0.5) is 10.3 Å². The molecule has 1 aromatic carbocycles. The molecule has 0 saturated heterocycles. The third kappa shape index (κ3) is 3.89. The van der Waals surface area contributed by atoms with E-state index in [-0.39, 0.29) is 17.7 Å². The second-order valence-corrected chi connectivity index (χ2v) is 7.19. The number of aromatic nitrogens is 3. The van der Waals surface area contributed by atoms with Crippen molar-refractivity contribution in [1.82, 2.24) is 15.0 Å². The van der Waals surface area contributed by atoms with Gasteiger partial charge in [-0.15, -0.1) is 0 Å². The average molecular weight is 405 g/mol. The predicted octanol–water partition coefficient (Wildman–Crippen LogP) is 3.57. The summed E-state index contributed by atoms with van der Waals surface area (Å²) in [5.41, 5.74) is 11.1. The molecule has 2 aromatic heterocycles. The highest BCUT2D eigenvalue weighted by molar-refractivity contribution is 6.04. The first kappa shape index (κ1) is 19.6. The van der Waals surface area contributed by atoms with Crippen molar-refractivity contribution < 1.29 is 14.0 Å². The number of benzene rings is 1. The Kier molecular flexibility index (Phi) is 5.22. The van der Waals surface area contributed by atoms with Gasteiger partial charge in [-0.2, -0.15) is 0 Å². The van der Waals surface area contributed by atoms with Crippen LogP contribution >= 0.6 is 0 Å². The number of hydrogen-bond donors (Lipinski definition) is 1. The molecule has 0 unspecified atom stereocenters. The normalized spacial score (nSPS) is 16.9. The third-order valence-electron chi connectivity index (χ3n) is 5.06. The molecule has 7 nitrogen and oxygen atoms in total. The van der Waals surface area contributed by atoms with Crippen molar-refractivity contribution in [3.63, 3.8) is 0 Å². The number of hydrogen-bond acceptors (Lipinski definition) is 7. The summed E-state index contributed by atoms with van der Waals surface area (Å²) < 4.78 is 14.1. The molecule has 30 heavy (non-hydrogen) atoms. The summed E-state index contributed by atoms with van der Waals surface area (Å²) in [4.78, 5) is 29.1. The minimum atomic E-state index is -0.516. The van der Waals surface area contributed by atoms with Gasteiger partial charge < -0.3 is 10.6 Å². The summed E-state index contributed by atoms with van der Waals surface area (Å²) in [6.45, 7) is 3.11. The Bertz CT molecular complexity index is 1150. The highest BCUT2D eigenvalue weighted by Crippen LogP contribution is 2.38. The number of halogens is 1. The molecule has 0 aliphatic heterocycles. The van der Waals surface area contributed by atoms with Gasteiger partial charge in [0.2, 0.25) is 5.95 Å². The van der Waals surface area contributed by atoms with Crippen LogP contribution in [-0.2, 0) is 16.1 Å². The first-order chi connectivity index (χ1) is 14.4. The number of nitrogens with two attached hydrogens (primary N) is 1. The maximum absolute atomic E-state index is 14.1. The van der Waals surface area contributed by atoms with Gasteiger partial charge in [0.15, 0.2) is 0 Å². The van der Waals surface area contributed by atoms with Crippen LogP contribution in [0.15, 0.2) is 47.9 Å². The average Bonchev–Trinajstić information content (AvgIpc) is 2.72. The van der Waals surface area contributed by atoms with Crippen molar-refractivity contribution in [3.05, 3.63) is 71.1 Å². The minimum Gasteiger partial charge on any atom is -0.368 e. The van der Waals surface area contributed by atoms with Crippen LogP contribution in [0, 0.1) is 12.7 Å². The molecule has 1 aliphatic carbocycles. The second kappa shape index (κ2) is 7.98. The number of pyridine rings is 1. The molecule has 0 amide bonds. The number of aryl methyl sites for hydroxylation is 1. The minimum absolute atomic E-state index is 0.0729. The maximum atomic E-state index is 14.1. The van der Waals surface area contributed by atoms with Crippen molar-refractivity contribution in [2.24, 2.45) is 5.16 Å². The van der Waals surface area contributed by atoms with E-state index in [1.807, 2.05) is 19.1 Å². The molecule has 3 aromatic rings. The third-order valence-corrected chi connectivity index (χ3v) is 5.06. The Morgan fingerprint density at radius 3 is 2.83 bits per heavy atom. The zero-order chi connectivity index (χ0) is 21.3. The maximum Gasteiger partial charge on any atom is 0.331 e. The molecule has 1 atom stereocenters. The van der Waals surface area contributed by atoms with Crippen LogP contribution in [0.3, 0.4) is 0 Å². The summed E-state index contributed by atoms with van der Waals surface area (Å²) in [6.07, 6.45) is 4.42.